The van der Waals surface area contributed by atoms with Gasteiger partial charge in [-0.05, 0) is 87.5 Å². The number of hydrogen-bond donors (Lipinski definition) is 2. The fraction of sp³-hybridized carbons (Fsp3) is 0.667. The van der Waals surface area contributed by atoms with Crippen LogP contribution in [0.25, 0.3) is 0 Å². The van der Waals surface area contributed by atoms with E-state index in [1.807, 2.05) is 0 Å². The molecule has 5 fully saturated rings. The molecule has 9 heteroatoms. The highest BCUT2D eigenvalue weighted by Crippen LogP contribution is 2.63. The van der Waals surface area contributed by atoms with Gasteiger partial charge in [-0.25, -0.2) is 12.8 Å². The topological polar surface area (TPSA) is 116 Å². The van der Waals surface area contributed by atoms with Crippen LogP contribution in [0.3, 0.4) is 0 Å². The number of hydrogen-bond acceptors (Lipinski definition) is 6. The molecule has 1 saturated heterocycles. The maximum Gasteiger partial charge on any atom is 0.237 e. The van der Waals surface area contributed by atoms with Crippen molar-refractivity contribution in [1.82, 2.24) is 10.2 Å². The number of likely N-dealkylation sites (tertiary alicyclic amines) is 1. The number of carbonyl (C=O) groups excluding carboxylic acids is 1. The Morgan fingerprint density at radius 1 is 1.24 bits per heavy atom. The largest absolute Gasteiger partial charge is 0.326 e. The smallest absolute Gasteiger partial charge is 0.237 e. The SMILES string of the molecule is N#C[C@@H]1CCCN1C(=O)CNC12CC3CC(C1)CC(C(N)S(=O)(=O)c1ccc(F)cc1)(C3)C2. The fourth-order valence-electron chi connectivity index (χ4n) is 7.54. The summed E-state index contributed by atoms with van der Waals surface area (Å²) in [6.45, 7) is 0.773. The molecule has 33 heavy (non-hydrogen) atoms. The van der Waals surface area contributed by atoms with Crippen LogP contribution in [-0.4, -0.2) is 49.3 Å². The lowest BCUT2D eigenvalue weighted by Crippen LogP contribution is -2.67. The van der Waals surface area contributed by atoms with Gasteiger partial charge in [0.2, 0.25) is 5.91 Å². The van der Waals surface area contributed by atoms with Crippen LogP contribution in [0.15, 0.2) is 29.2 Å². The average molecular weight is 475 g/mol. The molecule has 1 heterocycles. The van der Waals surface area contributed by atoms with E-state index in [0.717, 1.165) is 57.1 Å². The van der Waals surface area contributed by atoms with Gasteiger partial charge in [0.1, 0.15) is 17.2 Å². The van der Waals surface area contributed by atoms with Crippen molar-refractivity contribution in [3.05, 3.63) is 30.1 Å². The van der Waals surface area contributed by atoms with Crippen molar-refractivity contribution in [2.75, 3.05) is 13.1 Å². The predicted octanol–water partition coefficient (Wildman–Crippen LogP) is 2.33. The first kappa shape index (κ1) is 22.8. The van der Waals surface area contributed by atoms with Gasteiger partial charge >= 0.3 is 0 Å². The molecule has 0 spiro atoms. The first-order valence-corrected chi connectivity index (χ1v) is 13.4. The quantitative estimate of drug-likeness (QED) is 0.612. The molecule has 7 nitrogen and oxygen atoms in total. The van der Waals surface area contributed by atoms with E-state index in [1.165, 1.54) is 12.1 Å². The second-order valence-corrected chi connectivity index (χ2v) is 12.8. The highest BCUT2D eigenvalue weighted by Gasteiger charge is 2.61. The minimum atomic E-state index is -3.83. The molecule has 4 bridgehead atoms. The number of nitrogens with zero attached hydrogens (tertiary/aromatic N) is 2. The van der Waals surface area contributed by atoms with E-state index >= 15 is 0 Å². The zero-order valence-electron chi connectivity index (χ0n) is 18.7. The lowest BCUT2D eigenvalue weighted by atomic mass is 9.46. The summed E-state index contributed by atoms with van der Waals surface area (Å²) in [5, 5.41) is 11.8. The molecule has 1 amide bonds. The van der Waals surface area contributed by atoms with E-state index in [0.29, 0.717) is 24.8 Å². The molecule has 178 valence electrons. The molecule has 3 unspecified atom stereocenters. The Bertz CT molecular complexity index is 1070. The Balaban J connectivity index is 1.36. The molecule has 3 N–H and O–H groups in total. The van der Waals surface area contributed by atoms with Crippen LogP contribution in [-0.2, 0) is 14.6 Å². The maximum atomic E-state index is 13.4. The minimum Gasteiger partial charge on any atom is -0.326 e. The Morgan fingerprint density at radius 3 is 2.55 bits per heavy atom. The van der Waals surface area contributed by atoms with Gasteiger partial charge in [-0.15, -0.1) is 0 Å². The van der Waals surface area contributed by atoms with E-state index in [9.17, 15) is 22.9 Å². The monoisotopic (exact) mass is 474 g/mol. The van der Waals surface area contributed by atoms with Gasteiger partial charge in [-0.2, -0.15) is 5.26 Å². The highest BCUT2D eigenvalue weighted by atomic mass is 32.2. The summed E-state index contributed by atoms with van der Waals surface area (Å²) in [7, 11) is -3.83. The van der Waals surface area contributed by atoms with Crippen LogP contribution in [0.5, 0.6) is 0 Å². The van der Waals surface area contributed by atoms with Crippen molar-refractivity contribution in [2.45, 2.75) is 73.2 Å². The molecule has 6 rings (SSSR count). The summed E-state index contributed by atoms with van der Waals surface area (Å²) >= 11 is 0. The van der Waals surface area contributed by atoms with Crippen LogP contribution in [0.2, 0.25) is 0 Å². The van der Waals surface area contributed by atoms with Crippen LogP contribution in [0.1, 0.15) is 51.4 Å². The number of amides is 1. The van der Waals surface area contributed by atoms with Gasteiger partial charge in [0.05, 0.1) is 17.5 Å². The third kappa shape index (κ3) is 3.86. The van der Waals surface area contributed by atoms with Crippen molar-refractivity contribution in [3.8, 4) is 6.07 Å². The first-order chi connectivity index (χ1) is 15.7. The molecule has 1 aromatic rings. The summed E-state index contributed by atoms with van der Waals surface area (Å²) in [6, 6.07) is 6.75. The molecule has 4 saturated carbocycles. The van der Waals surface area contributed by atoms with Crippen LogP contribution < -0.4 is 11.1 Å². The zero-order valence-corrected chi connectivity index (χ0v) is 19.5. The van der Waals surface area contributed by atoms with Crippen LogP contribution in [0.4, 0.5) is 4.39 Å². The summed E-state index contributed by atoms with van der Waals surface area (Å²) in [4.78, 5) is 14.6. The third-order valence-corrected chi connectivity index (χ3v) is 10.6. The van der Waals surface area contributed by atoms with Crippen LogP contribution >= 0.6 is 0 Å². The number of nitrogens with two attached hydrogens (primary N) is 1. The maximum absolute atomic E-state index is 13.4. The molecule has 4 aliphatic carbocycles. The normalized spacial score (nSPS) is 36.0. The Hall–Kier alpha value is -2.02. The molecule has 4 atom stereocenters. The molecule has 5 aliphatic rings. The van der Waals surface area contributed by atoms with Gasteiger partial charge in [0.25, 0.3) is 0 Å². The van der Waals surface area contributed by atoms with Gasteiger partial charge in [-0.1, -0.05) is 0 Å². The van der Waals surface area contributed by atoms with Crippen molar-refractivity contribution < 1.29 is 17.6 Å². The average Bonchev–Trinajstić information content (AvgIpc) is 3.25. The summed E-state index contributed by atoms with van der Waals surface area (Å²) < 4.78 is 40.2. The van der Waals surface area contributed by atoms with E-state index in [1.54, 1.807) is 4.90 Å². The van der Waals surface area contributed by atoms with Crippen molar-refractivity contribution >= 4 is 15.7 Å². The lowest BCUT2D eigenvalue weighted by molar-refractivity contribution is -0.132. The number of halogens is 1. The third-order valence-electron chi connectivity index (χ3n) is 8.52. The fourth-order valence-corrected chi connectivity index (χ4v) is 9.28. The van der Waals surface area contributed by atoms with Crippen molar-refractivity contribution in [1.29, 1.82) is 5.26 Å². The number of sulfone groups is 1. The Morgan fingerprint density at radius 2 is 1.91 bits per heavy atom. The number of nitrogens with one attached hydrogen (secondary N) is 1. The molecule has 1 aliphatic heterocycles. The van der Waals surface area contributed by atoms with Crippen molar-refractivity contribution in [3.63, 3.8) is 0 Å². The second kappa shape index (κ2) is 8.03. The first-order valence-electron chi connectivity index (χ1n) is 11.9. The van der Waals surface area contributed by atoms with Gasteiger partial charge in [0.15, 0.2) is 9.84 Å². The number of rotatable bonds is 6. The Kier molecular flexibility index (Phi) is 5.54. The van der Waals surface area contributed by atoms with E-state index in [4.69, 9.17) is 5.73 Å². The molecule has 0 radical (unpaired) electrons. The van der Waals surface area contributed by atoms with E-state index < -0.39 is 26.4 Å². The number of nitriles is 1. The number of carbonyl (C=O) groups is 1. The van der Waals surface area contributed by atoms with E-state index in [2.05, 4.69) is 11.4 Å². The second-order valence-electron chi connectivity index (χ2n) is 10.8. The lowest BCUT2D eigenvalue weighted by Gasteiger charge is -2.63. The van der Waals surface area contributed by atoms with Crippen molar-refractivity contribution in [2.24, 2.45) is 23.0 Å². The zero-order chi connectivity index (χ0) is 23.4. The molecule has 0 aromatic heterocycles. The molecule has 1 aromatic carbocycles. The highest BCUT2D eigenvalue weighted by molar-refractivity contribution is 7.92. The van der Waals surface area contributed by atoms with Crippen LogP contribution in [0, 0.1) is 34.4 Å². The standard InChI is InChI=1S/C24H31FN4O3S/c25-18-3-5-20(6-4-18)33(31,32)22(27)23-9-16-8-17(10-23)12-24(11-16,15-23)28-14-21(30)29-7-1-2-19(29)13-26/h3-6,16-17,19,22,28H,1-2,7-12,14-15,27H2/t16?,17?,19-,22?,23?,24?/m0/s1. The number of benzene rings is 1. The van der Waals surface area contributed by atoms with Gasteiger partial charge in [0, 0.05) is 17.5 Å². The van der Waals surface area contributed by atoms with E-state index in [-0.39, 0.29) is 28.9 Å². The van der Waals surface area contributed by atoms with Gasteiger partial charge in [-0.3, -0.25) is 4.79 Å². The molecular weight excluding hydrogens is 443 g/mol. The Labute approximate surface area is 194 Å². The van der Waals surface area contributed by atoms with Gasteiger partial charge < -0.3 is 16.0 Å². The minimum absolute atomic E-state index is 0.0564. The summed E-state index contributed by atoms with van der Waals surface area (Å²) in [5.41, 5.74) is 5.68. The summed E-state index contributed by atoms with van der Waals surface area (Å²) in [5.74, 6) is 0.206. The molecular formula is C24H31FN4O3S. The predicted molar refractivity (Wildman–Crippen MR) is 120 cm³/mol. The summed E-state index contributed by atoms with van der Waals surface area (Å²) in [6.07, 6.45) is 6.63.